The molecule has 0 aliphatic carbocycles. The van der Waals surface area contributed by atoms with Crippen LogP contribution in [-0.4, -0.2) is 29.7 Å². The molecule has 0 aliphatic heterocycles. The second kappa shape index (κ2) is 12.8. The van der Waals surface area contributed by atoms with Gasteiger partial charge in [-0.15, -0.1) is 0 Å². The topological polar surface area (TPSA) is 92.8 Å². The van der Waals surface area contributed by atoms with Gasteiger partial charge in [-0.3, -0.25) is 4.79 Å². The van der Waals surface area contributed by atoms with Crippen LogP contribution in [0.25, 0.3) is 32.8 Å². The van der Waals surface area contributed by atoms with Crippen molar-refractivity contribution in [3.05, 3.63) is 129 Å². The summed E-state index contributed by atoms with van der Waals surface area (Å²) in [4.78, 5) is 29.6. The Balaban J connectivity index is 1.28. The van der Waals surface area contributed by atoms with E-state index in [0.29, 0.717) is 39.8 Å². The summed E-state index contributed by atoms with van der Waals surface area (Å²) in [6.45, 7) is 2.20. The van der Waals surface area contributed by atoms with Crippen LogP contribution >= 0.6 is 27.5 Å². The number of ether oxygens (including phenoxy) is 2. The molecule has 218 valence electrons. The molecule has 44 heavy (non-hydrogen) atoms. The van der Waals surface area contributed by atoms with Gasteiger partial charge in [0.2, 0.25) is 0 Å². The Labute approximate surface area is 266 Å². The second-order valence-electron chi connectivity index (χ2n) is 9.80. The van der Waals surface area contributed by atoms with Gasteiger partial charge in [0.1, 0.15) is 5.69 Å². The van der Waals surface area contributed by atoms with E-state index in [1.165, 1.54) is 6.21 Å². The normalized spacial score (nSPS) is 11.2. The van der Waals surface area contributed by atoms with E-state index >= 15 is 0 Å². The van der Waals surface area contributed by atoms with Crippen LogP contribution in [-0.2, 0) is 0 Å². The van der Waals surface area contributed by atoms with Crippen molar-refractivity contribution in [2.45, 2.75) is 6.92 Å². The van der Waals surface area contributed by atoms with Crippen LogP contribution in [0.3, 0.4) is 0 Å². The summed E-state index contributed by atoms with van der Waals surface area (Å²) in [5.41, 5.74) is 6.28. The number of hydrogen-bond donors (Lipinski definition) is 2. The number of nitrogens with zero attached hydrogens (tertiary/aromatic N) is 1. The van der Waals surface area contributed by atoms with Crippen LogP contribution < -0.4 is 14.9 Å². The number of hydrogen-bond acceptors (Lipinski definition) is 5. The number of rotatable bonds is 8. The highest BCUT2D eigenvalue weighted by Crippen LogP contribution is 2.39. The molecule has 5 aromatic carbocycles. The number of aromatic amines is 1. The van der Waals surface area contributed by atoms with Gasteiger partial charge in [-0.05, 0) is 66.4 Å². The Morgan fingerprint density at radius 3 is 2.48 bits per heavy atom. The molecule has 0 fully saturated rings. The zero-order valence-electron chi connectivity index (χ0n) is 23.4. The minimum atomic E-state index is -0.507. The van der Waals surface area contributed by atoms with E-state index in [2.05, 4.69) is 31.4 Å². The first kappa shape index (κ1) is 29.2. The fourth-order valence-corrected chi connectivity index (χ4v) is 5.47. The molecule has 9 heteroatoms. The standard InChI is InChI=1S/C35H25BrClN3O4/c1-2-43-30-19-21(11-18-29(30)44-35(42)23-12-15-24(36)16-13-23)20-38-40-34(41)33-31(26-9-5-6-10-28(26)37)27-17-14-22-7-3-4-8-25(22)32(27)39-33/h3-20,39H,2H2,1H3,(H,40,41). The van der Waals surface area contributed by atoms with E-state index < -0.39 is 11.9 Å². The number of H-pyrrole nitrogens is 1. The van der Waals surface area contributed by atoms with Gasteiger partial charge >= 0.3 is 5.97 Å². The maximum absolute atomic E-state index is 13.6. The number of benzene rings is 5. The Hall–Kier alpha value is -4.92. The number of esters is 1. The van der Waals surface area contributed by atoms with Crippen LogP contribution in [0.4, 0.5) is 0 Å². The monoisotopic (exact) mass is 665 g/mol. The number of aromatic nitrogens is 1. The first-order valence-corrected chi connectivity index (χ1v) is 15.0. The molecule has 0 saturated heterocycles. The number of carbonyl (C=O) groups is 2. The minimum Gasteiger partial charge on any atom is -0.490 e. The quantitative estimate of drug-likeness (QED) is 0.0735. The van der Waals surface area contributed by atoms with Gasteiger partial charge in [0.15, 0.2) is 11.5 Å². The summed E-state index contributed by atoms with van der Waals surface area (Å²) >= 11 is 9.96. The van der Waals surface area contributed by atoms with Gasteiger partial charge in [-0.2, -0.15) is 5.10 Å². The Morgan fingerprint density at radius 2 is 1.68 bits per heavy atom. The number of amides is 1. The number of carbonyl (C=O) groups excluding carboxylic acids is 2. The van der Waals surface area contributed by atoms with Crippen molar-refractivity contribution >= 4 is 67.3 Å². The largest absolute Gasteiger partial charge is 0.490 e. The van der Waals surface area contributed by atoms with E-state index in [1.54, 1.807) is 48.5 Å². The lowest BCUT2D eigenvalue weighted by Crippen LogP contribution is -2.19. The van der Waals surface area contributed by atoms with Gasteiger partial charge in [-0.25, -0.2) is 10.2 Å². The zero-order valence-corrected chi connectivity index (χ0v) is 25.8. The summed E-state index contributed by atoms with van der Waals surface area (Å²) in [5, 5.41) is 7.66. The zero-order chi connectivity index (χ0) is 30.6. The molecule has 0 unspecified atom stereocenters. The van der Waals surface area contributed by atoms with E-state index in [-0.39, 0.29) is 5.75 Å². The molecule has 0 radical (unpaired) electrons. The van der Waals surface area contributed by atoms with Crippen LogP contribution in [0.5, 0.6) is 11.5 Å². The molecule has 0 atom stereocenters. The van der Waals surface area contributed by atoms with E-state index in [1.807, 2.05) is 61.5 Å². The summed E-state index contributed by atoms with van der Waals surface area (Å²) in [7, 11) is 0. The first-order valence-electron chi connectivity index (χ1n) is 13.8. The fourth-order valence-electron chi connectivity index (χ4n) is 4.97. The highest BCUT2D eigenvalue weighted by molar-refractivity contribution is 9.10. The third-order valence-electron chi connectivity index (χ3n) is 7.00. The van der Waals surface area contributed by atoms with E-state index in [4.69, 9.17) is 21.1 Å². The smallest absolute Gasteiger partial charge is 0.343 e. The molecule has 6 rings (SSSR count). The van der Waals surface area contributed by atoms with Crippen LogP contribution in [0.15, 0.2) is 113 Å². The van der Waals surface area contributed by atoms with Crippen molar-refractivity contribution in [3.63, 3.8) is 0 Å². The molecule has 0 saturated carbocycles. The predicted molar refractivity (Wildman–Crippen MR) is 178 cm³/mol. The van der Waals surface area contributed by atoms with Crippen molar-refractivity contribution < 1.29 is 19.1 Å². The average molecular weight is 667 g/mol. The Bertz CT molecular complexity index is 2050. The molecule has 0 spiro atoms. The van der Waals surface area contributed by atoms with Crippen molar-refractivity contribution in [3.8, 4) is 22.6 Å². The van der Waals surface area contributed by atoms with Gasteiger partial charge < -0.3 is 14.5 Å². The van der Waals surface area contributed by atoms with Gasteiger partial charge in [-0.1, -0.05) is 82.1 Å². The number of fused-ring (bicyclic) bond motifs is 3. The van der Waals surface area contributed by atoms with Gasteiger partial charge in [0, 0.05) is 31.4 Å². The second-order valence-corrected chi connectivity index (χ2v) is 11.1. The summed E-state index contributed by atoms with van der Waals surface area (Å²) in [5.74, 6) is -0.290. The molecular formula is C35H25BrClN3O4. The number of halogens is 2. The third-order valence-corrected chi connectivity index (χ3v) is 7.86. The third kappa shape index (κ3) is 5.95. The van der Waals surface area contributed by atoms with Crippen molar-refractivity contribution in [1.29, 1.82) is 0 Å². The molecule has 0 bridgehead atoms. The van der Waals surface area contributed by atoms with Crippen LogP contribution in [0.1, 0.15) is 33.3 Å². The average Bonchev–Trinajstić information content (AvgIpc) is 3.43. The fraction of sp³-hybridized carbons (Fsp3) is 0.0571. The van der Waals surface area contributed by atoms with E-state index in [0.717, 1.165) is 31.7 Å². The Kier molecular flexibility index (Phi) is 8.45. The van der Waals surface area contributed by atoms with Crippen molar-refractivity contribution in [1.82, 2.24) is 10.4 Å². The van der Waals surface area contributed by atoms with Gasteiger partial charge in [0.05, 0.1) is 23.9 Å². The first-order chi connectivity index (χ1) is 21.4. The maximum Gasteiger partial charge on any atom is 0.343 e. The maximum atomic E-state index is 13.6. The van der Waals surface area contributed by atoms with Crippen LogP contribution in [0.2, 0.25) is 5.02 Å². The predicted octanol–water partition coefficient (Wildman–Crippen LogP) is 8.79. The SMILES string of the molecule is CCOc1cc(C=NNC(=O)c2[nH]c3c(ccc4ccccc43)c2-c2ccccc2Cl)ccc1OC(=O)c1ccc(Br)cc1. The molecule has 0 aliphatic rings. The molecule has 1 amide bonds. The summed E-state index contributed by atoms with van der Waals surface area (Å²) in [6.07, 6.45) is 1.49. The van der Waals surface area contributed by atoms with Crippen molar-refractivity contribution in [2.24, 2.45) is 5.10 Å². The number of hydrazone groups is 1. The Morgan fingerprint density at radius 1 is 0.909 bits per heavy atom. The van der Waals surface area contributed by atoms with Gasteiger partial charge in [0.25, 0.3) is 5.91 Å². The highest BCUT2D eigenvalue weighted by Gasteiger charge is 2.22. The molecule has 6 aromatic rings. The molecule has 1 aromatic heterocycles. The summed E-state index contributed by atoms with van der Waals surface area (Å²) in [6, 6.07) is 31.3. The molecule has 2 N–H and O–H groups in total. The van der Waals surface area contributed by atoms with Crippen molar-refractivity contribution in [2.75, 3.05) is 6.61 Å². The lowest BCUT2D eigenvalue weighted by molar-refractivity contribution is 0.0728. The summed E-state index contributed by atoms with van der Waals surface area (Å²) < 4.78 is 12.2. The molecule has 1 heterocycles. The molecule has 7 nitrogen and oxygen atoms in total. The van der Waals surface area contributed by atoms with E-state index in [9.17, 15) is 9.59 Å². The number of nitrogens with one attached hydrogen (secondary N) is 2. The lowest BCUT2D eigenvalue weighted by Gasteiger charge is -2.11. The minimum absolute atomic E-state index is 0.274. The molecular weight excluding hydrogens is 642 g/mol. The van der Waals surface area contributed by atoms with Crippen LogP contribution in [0, 0.1) is 0 Å². The highest BCUT2D eigenvalue weighted by atomic mass is 79.9. The lowest BCUT2D eigenvalue weighted by atomic mass is 9.99.